The van der Waals surface area contributed by atoms with E-state index in [0.717, 1.165) is 23.5 Å². The van der Waals surface area contributed by atoms with Crippen molar-refractivity contribution in [1.82, 2.24) is 0 Å². The summed E-state index contributed by atoms with van der Waals surface area (Å²) in [6.07, 6.45) is 2.32. The topological polar surface area (TPSA) is 9.72 Å². The Morgan fingerprint density at radius 3 is 1.72 bits per heavy atom. The van der Waals surface area contributed by atoms with Gasteiger partial charge >= 0.3 is 0 Å². The van der Waals surface area contributed by atoms with Gasteiger partial charge in [0, 0.05) is 54.6 Å². The molecule has 3 heterocycles. The van der Waals surface area contributed by atoms with Crippen molar-refractivity contribution in [2.75, 3.05) is 14.7 Å². The maximum Gasteiger partial charge on any atom is 0.264 e. The van der Waals surface area contributed by atoms with E-state index in [1.54, 1.807) is 0 Å². The number of hydrogen-bond donors (Lipinski definition) is 0. The van der Waals surface area contributed by atoms with Crippen LogP contribution in [0.3, 0.4) is 0 Å². The molecule has 0 N–H and O–H groups in total. The molecule has 358 valence electrons. The summed E-state index contributed by atoms with van der Waals surface area (Å²) < 4.78 is 2.72. The maximum atomic E-state index is 2.70. The number of thiophene rings is 1. The van der Waals surface area contributed by atoms with Gasteiger partial charge < -0.3 is 14.7 Å². The number of nitrogens with zero attached hydrogens (tertiary/aromatic N) is 3. The third-order valence-corrected chi connectivity index (χ3v) is 17.5. The van der Waals surface area contributed by atoms with Gasteiger partial charge in [0.25, 0.3) is 6.71 Å². The van der Waals surface area contributed by atoms with Crippen molar-refractivity contribution in [3.05, 3.63) is 204 Å². The molecule has 9 aromatic rings. The first-order valence-corrected chi connectivity index (χ1v) is 26.9. The van der Waals surface area contributed by atoms with Crippen molar-refractivity contribution in [2.45, 2.75) is 111 Å². The summed E-state index contributed by atoms with van der Waals surface area (Å²) >= 11 is 1.99. The van der Waals surface area contributed by atoms with Gasteiger partial charge in [0.2, 0.25) is 0 Å². The summed E-state index contributed by atoms with van der Waals surface area (Å²) in [6.45, 7) is 26.1. The Morgan fingerprint density at radius 1 is 0.514 bits per heavy atom. The van der Waals surface area contributed by atoms with Crippen molar-refractivity contribution < 1.29 is 0 Å². The van der Waals surface area contributed by atoms with Gasteiger partial charge in [0.05, 0.1) is 17.1 Å². The molecule has 1 aliphatic carbocycles. The summed E-state index contributed by atoms with van der Waals surface area (Å²) in [7, 11) is 0. The molecule has 0 saturated heterocycles. The molecular formula is C67H66BN3S. The molecule has 1 aromatic heterocycles. The molecule has 0 radical (unpaired) electrons. The van der Waals surface area contributed by atoms with Gasteiger partial charge in [-0.3, -0.25) is 0 Å². The van der Waals surface area contributed by atoms with Gasteiger partial charge in [-0.1, -0.05) is 172 Å². The molecule has 0 atom stereocenters. The fraction of sp³-hybridized carbons (Fsp3) is 0.254. The van der Waals surface area contributed by atoms with E-state index in [1.807, 2.05) is 11.3 Å². The van der Waals surface area contributed by atoms with Crippen LogP contribution in [-0.2, 0) is 21.7 Å². The minimum atomic E-state index is -0.0430. The predicted molar refractivity (Wildman–Crippen MR) is 313 cm³/mol. The molecule has 0 amide bonds. The fourth-order valence-electron chi connectivity index (χ4n) is 12.1. The van der Waals surface area contributed by atoms with Crippen LogP contribution >= 0.6 is 11.3 Å². The lowest BCUT2D eigenvalue weighted by molar-refractivity contribution is 0.332. The minimum absolute atomic E-state index is 0.0131. The molecule has 0 saturated carbocycles. The van der Waals surface area contributed by atoms with Crippen molar-refractivity contribution in [3.8, 4) is 11.1 Å². The number of fused-ring (bicyclic) bond motifs is 7. The van der Waals surface area contributed by atoms with E-state index >= 15 is 0 Å². The molecule has 0 spiro atoms. The lowest BCUT2D eigenvalue weighted by Gasteiger charge is -2.45. The van der Waals surface area contributed by atoms with E-state index in [1.165, 1.54) is 105 Å². The lowest BCUT2D eigenvalue weighted by atomic mass is 9.36. The summed E-state index contributed by atoms with van der Waals surface area (Å²) in [5, 5.41) is 1.32. The van der Waals surface area contributed by atoms with Crippen molar-refractivity contribution in [2.24, 2.45) is 0 Å². The van der Waals surface area contributed by atoms with Crippen LogP contribution in [0.5, 0.6) is 0 Å². The monoisotopic (exact) mass is 956 g/mol. The van der Waals surface area contributed by atoms with E-state index in [0.29, 0.717) is 0 Å². The van der Waals surface area contributed by atoms with Crippen LogP contribution in [0.1, 0.15) is 110 Å². The SMILES string of the molecule is Cc1ccc2c(c1)B1c3sc4ccc(C(C)(C)C)cc4c3N(c3ccc4c(c3)C(C)(C)CCC4(C)C)c3cc(N(c4ccccc4)c4ccccc4)cc(c31)N2c1ccc(C(C)(C)C)cc1-c1ccccc1. The van der Waals surface area contributed by atoms with Gasteiger partial charge in [0.15, 0.2) is 0 Å². The maximum absolute atomic E-state index is 2.70. The Kier molecular flexibility index (Phi) is 10.7. The quantitative estimate of drug-likeness (QED) is 0.154. The van der Waals surface area contributed by atoms with E-state index in [4.69, 9.17) is 0 Å². The predicted octanol–water partition coefficient (Wildman–Crippen LogP) is 17.4. The largest absolute Gasteiger partial charge is 0.311 e. The molecule has 3 aliphatic rings. The van der Waals surface area contributed by atoms with E-state index < -0.39 is 0 Å². The highest BCUT2D eigenvalue weighted by atomic mass is 32.1. The molecule has 0 fully saturated rings. The normalized spacial score (nSPS) is 15.5. The van der Waals surface area contributed by atoms with Crippen LogP contribution in [0, 0.1) is 6.92 Å². The zero-order valence-electron chi connectivity index (χ0n) is 44.0. The average Bonchev–Trinajstić information content (AvgIpc) is 3.74. The molecule has 5 heteroatoms. The first-order valence-electron chi connectivity index (χ1n) is 26.1. The second-order valence-electron chi connectivity index (χ2n) is 24.2. The second-order valence-corrected chi connectivity index (χ2v) is 25.3. The minimum Gasteiger partial charge on any atom is -0.311 e. The number of hydrogen-bond acceptors (Lipinski definition) is 4. The van der Waals surface area contributed by atoms with Crippen molar-refractivity contribution >= 4 is 95.0 Å². The number of rotatable bonds is 6. The molecule has 2 aliphatic heterocycles. The Hall–Kier alpha value is -6.82. The van der Waals surface area contributed by atoms with Crippen LogP contribution in [0.25, 0.3) is 21.2 Å². The number of para-hydroxylation sites is 2. The zero-order chi connectivity index (χ0) is 50.1. The number of aryl methyl sites for hydroxylation is 1. The standard InChI is InChI=1S/C67H66BN3S/c1-43-27-32-57-55(37-43)68-61-58(70(49-30-31-53-54(40-49)67(10,11)36-35-66(53,8)9)62-52-39-46(65(5,6)7)29-34-60(52)72-63(62)68)41-50(69(47-23-17-13-18-24-47)48-25-19-14-20-26-48)42-59(61)71(57)56-33-28-45(64(2,3)4)38-51(56)44-21-15-12-16-22-44/h12-34,37-42H,35-36H2,1-11H3. The summed E-state index contributed by atoms with van der Waals surface area (Å²) in [5.74, 6) is 0. The van der Waals surface area contributed by atoms with Crippen LogP contribution < -0.4 is 30.4 Å². The highest BCUT2D eigenvalue weighted by molar-refractivity contribution is 7.33. The van der Waals surface area contributed by atoms with E-state index in [9.17, 15) is 0 Å². The highest BCUT2D eigenvalue weighted by Gasteiger charge is 2.47. The van der Waals surface area contributed by atoms with E-state index in [-0.39, 0.29) is 28.4 Å². The third-order valence-electron chi connectivity index (χ3n) is 16.2. The number of benzene rings is 8. The van der Waals surface area contributed by atoms with Crippen LogP contribution in [0.4, 0.5) is 51.2 Å². The third kappa shape index (κ3) is 7.53. The average molecular weight is 956 g/mol. The molecule has 72 heavy (non-hydrogen) atoms. The van der Waals surface area contributed by atoms with Gasteiger partial charge in [-0.25, -0.2) is 0 Å². The molecular weight excluding hydrogens is 890 g/mol. The second kappa shape index (κ2) is 16.6. The lowest BCUT2D eigenvalue weighted by Crippen LogP contribution is -2.60. The molecule has 8 aromatic carbocycles. The van der Waals surface area contributed by atoms with Gasteiger partial charge in [-0.05, 0) is 159 Å². The van der Waals surface area contributed by atoms with Crippen molar-refractivity contribution in [1.29, 1.82) is 0 Å². The van der Waals surface area contributed by atoms with Gasteiger partial charge in [-0.15, -0.1) is 11.3 Å². The van der Waals surface area contributed by atoms with Crippen LogP contribution in [0.15, 0.2) is 176 Å². The first kappa shape index (κ1) is 46.3. The van der Waals surface area contributed by atoms with E-state index in [2.05, 4.69) is 267 Å². The Labute approximate surface area is 432 Å². The molecule has 0 unspecified atom stereocenters. The summed E-state index contributed by atoms with van der Waals surface area (Å²) in [4.78, 5) is 7.79. The van der Waals surface area contributed by atoms with Crippen molar-refractivity contribution in [3.63, 3.8) is 0 Å². The Bertz CT molecular complexity index is 3540. The zero-order valence-corrected chi connectivity index (χ0v) is 44.8. The smallest absolute Gasteiger partial charge is 0.264 e. The number of anilines is 9. The molecule has 3 nitrogen and oxygen atoms in total. The fourth-order valence-corrected chi connectivity index (χ4v) is 13.4. The van der Waals surface area contributed by atoms with Gasteiger partial charge in [-0.2, -0.15) is 0 Å². The summed E-state index contributed by atoms with van der Waals surface area (Å²) in [5.41, 5.74) is 22.7. The first-order chi connectivity index (χ1) is 34.4. The molecule has 0 bridgehead atoms. The highest BCUT2D eigenvalue weighted by Crippen LogP contribution is 2.54. The Balaban J connectivity index is 1.25. The van der Waals surface area contributed by atoms with Crippen LogP contribution in [0.2, 0.25) is 0 Å². The molecule has 12 rings (SSSR count). The summed E-state index contributed by atoms with van der Waals surface area (Å²) in [6, 6.07) is 67.3. The Morgan fingerprint density at radius 2 is 1.08 bits per heavy atom. The van der Waals surface area contributed by atoms with Gasteiger partial charge in [0.1, 0.15) is 0 Å². The van der Waals surface area contributed by atoms with Crippen LogP contribution in [-0.4, -0.2) is 6.71 Å².